The van der Waals surface area contributed by atoms with Crippen molar-refractivity contribution in [3.05, 3.63) is 24.3 Å². The molecule has 0 spiro atoms. The van der Waals surface area contributed by atoms with E-state index in [-0.39, 0.29) is 5.75 Å². The van der Waals surface area contributed by atoms with Crippen LogP contribution in [-0.2, 0) is 0 Å². The first-order valence-electron chi connectivity index (χ1n) is 3.18. The van der Waals surface area contributed by atoms with Crippen molar-refractivity contribution in [2.75, 3.05) is 0 Å². The Morgan fingerprint density at radius 3 is 2.08 bits per heavy atom. The minimum atomic E-state index is -4.63. The van der Waals surface area contributed by atoms with Crippen molar-refractivity contribution >= 4 is 22.5 Å². The number of rotatable bonds is 2. The molecule has 0 amide bonds. The van der Waals surface area contributed by atoms with Crippen LogP contribution < -0.4 is 4.74 Å². The molecule has 1 nitrogen and oxygen atoms in total. The molecule has 13 heavy (non-hydrogen) atoms. The molecule has 0 aromatic heterocycles. The van der Waals surface area contributed by atoms with Gasteiger partial charge in [0.25, 0.3) is 0 Å². The summed E-state index contributed by atoms with van der Waals surface area (Å²) >= 11 is 3.88. The molecule has 0 unspecified atom stereocenters. The van der Waals surface area contributed by atoms with Gasteiger partial charge in [0.15, 0.2) is 0 Å². The SMILES string of the molecule is FC(F)(F)Oc1ccc(SS)cc1. The minimum absolute atomic E-state index is 0.223. The molecule has 0 saturated carbocycles. The molecule has 0 atom stereocenters. The zero-order valence-corrected chi connectivity index (χ0v) is 7.92. The summed E-state index contributed by atoms with van der Waals surface area (Å²) in [4.78, 5) is 0.762. The molecule has 1 aromatic carbocycles. The Labute approximate surface area is 82.1 Å². The summed E-state index contributed by atoms with van der Waals surface area (Å²) in [6, 6.07) is 5.48. The summed E-state index contributed by atoms with van der Waals surface area (Å²) in [5.74, 6) is -0.223. The number of halogens is 3. The lowest BCUT2D eigenvalue weighted by atomic mass is 10.3. The van der Waals surface area contributed by atoms with Crippen LogP contribution in [-0.4, -0.2) is 6.36 Å². The molecular formula is C7H5F3OS2. The van der Waals surface area contributed by atoms with Crippen molar-refractivity contribution in [2.45, 2.75) is 11.3 Å². The molecule has 0 saturated heterocycles. The second-order valence-corrected chi connectivity index (χ2v) is 3.31. The second kappa shape index (κ2) is 4.15. The van der Waals surface area contributed by atoms with E-state index in [4.69, 9.17) is 0 Å². The van der Waals surface area contributed by atoms with Crippen LogP contribution in [0, 0.1) is 0 Å². The fraction of sp³-hybridized carbons (Fsp3) is 0.143. The molecule has 6 heteroatoms. The van der Waals surface area contributed by atoms with Gasteiger partial charge in [-0.3, -0.25) is 0 Å². The Balaban J connectivity index is 2.70. The van der Waals surface area contributed by atoms with E-state index in [1.165, 1.54) is 24.3 Å². The number of benzene rings is 1. The third-order valence-corrected chi connectivity index (χ3v) is 2.28. The average Bonchev–Trinajstić information content (AvgIpc) is 2.03. The highest BCUT2D eigenvalue weighted by atomic mass is 33.1. The van der Waals surface area contributed by atoms with Crippen LogP contribution in [0.15, 0.2) is 29.2 Å². The molecule has 0 fully saturated rings. The van der Waals surface area contributed by atoms with Crippen LogP contribution in [0.4, 0.5) is 13.2 Å². The van der Waals surface area contributed by atoms with Crippen molar-refractivity contribution in [3.8, 4) is 5.75 Å². The summed E-state index contributed by atoms with van der Waals surface area (Å²) in [6.45, 7) is 0. The predicted molar refractivity (Wildman–Crippen MR) is 48.0 cm³/mol. The van der Waals surface area contributed by atoms with E-state index in [0.717, 1.165) is 15.7 Å². The molecule has 0 aliphatic carbocycles. The van der Waals surface area contributed by atoms with Crippen molar-refractivity contribution in [2.24, 2.45) is 0 Å². The van der Waals surface area contributed by atoms with E-state index in [9.17, 15) is 13.2 Å². The lowest BCUT2D eigenvalue weighted by molar-refractivity contribution is -0.274. The normalized spacial score (nSPS) is 11.4. The average molecular weight is 226 g/mol. The first-order valence-corrected chi connectivity index (χ1v) is 5.05. The standard InChI is InChI=1S/C7H5F3OS2/c8-7(9,10)11-5-1-3-6(13-12)4-2-5/h1-4,12H. The maximum Gasteiger partial charge on any atom is 0.573 e. The Bertz CT molecular complexity index is 270. The molecule has 72 valence electrons. The molecule has 0 aliphatic heterocycles. The van der Waals surface area contributed by atoms with Crippen LogP contribution in [0.25, 0.3) is 0 Å². The fourth-order valence-electron chi connectivity index (χ4n) is 0.702. The third-order valence-electron chi connectivity index (χ3n) is 1.16. The number of ether oxygens (including phenoxy) is 1. The van der Waals surface area contributed by atoms with Gasteiger partial charge in [-0.15, -0.1) is 24.8 Å². The molecule has 1 aromatic rings. The fourth-order valence-corrected chi connectivity index (χ4v) is 1.33. The van der Waals surface area contributed by atoms with Gasteiger partial charge in [-0.1, -0.05) is 10.8 Å². The van der Waals surface area contributed by atoms with Crippen molar-refractivity contribution in [1.82, 2.24) is 0 Å². The van der Waals surface area contributed by atoms with Gasteiger partial charge in [0.1, 0.15) is 5.75 Å². The Morgan fingerprint density at radius 1 is 1.15 bits per heavy atom. The molecule has 0 heterocycles. The van der Waals surface area contributed by atoms with Crippen molar-refractivity contribution in [3.63, 3.8) is 0 Å². The third kappa shape index (κ3) is 3.82. The summed E-state index contributed by atoms with van der Waals surface area (Å²) in [5, 5.41) is 0. The van der Waals surface area contributed by atoms with Gasteiger partial charge in [-0.25, -0.2) is 0 Å². The quantitative estimate of drug-likeness (QED) is 0.610. The van der Waals surface area contributed by atoms with Gasteiger partial charge in [-0.2, -0.15) is 0 Å². The zero-order chi connectivity index (χ0) is 9.90. The smallest absolute Gasteiger partial charge is 0.406 e. The highest BCUT2D eigenvalue weighted by Crippen LogP contribution is 2.26. The number of hydrogen-bond acceptors (Lipinski definition) is 3. The van der Waals surface area contributed by atoms with Crippen LogP contribution >= 0.6 is 22.5 Å². The van der Waals surface area contributed by atoms with Gasteiger partial charge < -0.3 is 4.74 Å². The van der Waals surface area contributed by atoms with Crippen LogP contribution in [0.1, 0.15) is 0 Å². The van der Waals surface area contributed by atoms with E-state index in [2.05, 4.69) is 16.4 Å². The van der Waals surface area contributed by atoms with Gasteiger partial charge in [-0.05, 0) is 24.3 Å². The second-order valence-electron chi connectivity index (χ2n) is 2.11. The molecule has 0 radical (unpaired) electrons. The summed E-state index contributed by atoms with van der Waals surface area (Å²) in [5.41, 5.74) is 0. The Kier molecular flexibility index (Phi) is 3.38. The summed E-state index contributed by atoms with van der Waals surface area (Å²) in [6.07, 6.45) is -4.63. The van der Waals surface area contributed by atoms with Gasteiger partial charge in [0, 0.05) is 4.90 Å². The molecule has 0 aliphatic rings. The lowest BCUT2D eigenvalue weighted by Gasteiger charge is -2.08. The molecular weight excluding hydrogens is 221 g/mol. The monoisotopic (exact) mass is 226 g/mol. The van der Waals surface area contributed by atoms with E-state index >= 15 is 0 Å². The Hall–Kier alpha value is -0.490. The van der Waals surface area contributed by atoms with Gasteiger partial charge in [0.05, 0.1) is 0 Å². The highest BCUT2D eigenvalue weighted by molar-refractivity contribution is 8.68. The van der Waals surface area contributed by atoms with E-state index in [0.29, 0.717) is 0 Å². The van der Waals surface area contributed by atoms with Crippen molar-refractivity contribution in [1.29, 1.82) is 0 Å². The topological polar surface area (TPSA) is 9.23 Å². The van der Waals surface area contributed by atoms with E-state index in [1.807, 2.05) is 0 Å². The van der Waals surface area contributed by atoms with Crippen LogP contribution in [0.3, 0.4) is 0 Å². The first kappa shape index (κ1) is 10.6. The maximum atomic E-state index is 11.7. The summed E-state index contributed by atoms with van der Waals surface area (Å²) < 4.78 is 38.7. The van der Waals surface area contributed by atoms with Crippen LogP contribution in [0.5, 0.6) is 5.75 Å². The summed E-state index contributed by atoms with van der Waals surface area (Å²) in [7, 11) is 1.15. The predicted octanol–water partition coefficient (Wildman–Crippen LogP) is 3.52. The first-order chi connectivity index (χ1) is 6.01. The largest absolute Gasteiger partial charge is 0.573 e. The van der Waals surface area contributed by atoms with Crippen LogP contribution in [0.2, 0.25) is 0 Å². The maximum absolute atomic E-state index is 11.7. The highest BCUT2D eigenvalue weighted by Gasteiger charge is 2.30. The lowest BCUT2D eigenvalue weighted by Crippen LogP contribution is -2.16. The molecule has 1 rings (SSSR count). The Morgan fingerprint density at radius 2 is 1.69 bits per heavy atom. The van der Waals surface area contributed by atoms with Gasteiger partial charge in [0.2, 0.25) is 0 Å². The number of alkyl halides is 3. The van der Waals surface area contributed by atoms with Crippen molar-refractivity contribution < 1.29 is 17.9 Å². The number of hydrogen-bond donors (Lipinski definition) is 1. The number of thiol groups is 1. The zero-order valence-electron chi connectivity index (χ0n) is 6.21. The molecule has 0 bridgehead atoms. The minimum Gasteiger partial charge on any atom is -0.406 e. The molecule has 0 N–H and O–H groups in total. The van der Waals surface area contributed by atoms with E-state index < -0.39 is 6.36 Å². The van der Waals surface area contributed by atoms with E-state index in [1.54, 1.807) is 0 Å². The van der Waals surface area contributed by atoms with Gasteiger partial charge >= 0.3 is 6.36 Å².